The van der Waals surface area contributed by atoms with Gasteiger partial charge in [0.15, 0.2) is 5.69 Å². The Morgan fingerprint density at radius 3 is 2.67 bits per heavy atom. The van der Waals surface area contributed by atoms with Crippen molar-refractivity contribution in [1.82, 2.24) is 15.0 Å². The van der Waals surface area contributed by atoms with Gasteiger partial charge in [-0.15, -0.1) is 5.10 Å². The van der Waals surface area contributed by atoms with Gasteiger partial charge in [-0.1, -0.05) is 5.21 Å². The van der Waals surface area contributed by atoms with E-state index in [1.54, 1.807) is 0 Å². The quantitative estimate of drug-likeness (QED) is 0.799. The molecule has 1 aliphatic carbocycles. The van der Waals surface area contributed by atoms with E-state index in [2.05, 4.69) is 10.3 Å². The molecular formula is C10H15N3O4S. The molecule has 0 amide bonds. The van der Waals surface area contributed by atoms with Gasteiger partial charge >= 0.3 is 5.97 Å². The molecule has 0 atom stereocenters. The predicted octanol–water partition coefficient (Wildman–Crippen LogP) is 0.288. The highest BCUT2D eigenvalue weighted by molar-refractivity contribution is 7.90. The van der Waals surface area contributed by atoms with Crippen molar-refractivity contribution in [2.75, 3.05) is 12.0 Å². The fraction of sp³-hybridized carbons (Fsp3) is 0.700. The van der Waals surface area contributed by atoms with Crippen LogP contribution in [0, 0.1) is 0 Å². The standard InChI is InChI=1S/C10H15N3O4S/c1-18(16,17)6-2-5-13-9(7-3-4-7)8(10(14)15)11-12-13/h7H,2-6H2,1H3,(H,14,15). The van der Waals surface area contributed by atoms with Crippen LogP contribution in [0.15, 0.2) is 0 Å². The van der Waals surface area contributed by atoms with Gasteiger partial charge in [0, 0.05) is 18.7 Å². The Morgan fingerprint density at radius 1 is 1.50 bits per heavy atom. The number of nitrogens with zero attached hydrogens (tertiary/aromatic N) is 3. The zero-order valence-corrected chi connectivity index (χ0v) is 10.9. The molecule has 0 saturated heterocycles. The van der Waals surface area contributed by atoms with Crippen LogP contribution >= 0.6 is 0 Å². The third kappa shape index (κ3) is 3.06. The first-order valence-electron chi connectivity index (χ1n) is 5.73. The molecule has 7 nitrogen and oxygen atoms in total. The second-order valence-electron chi connectivity index (χ2n) is 4.61. The molecule has 2 rings (SSSR count). The van der Waals surface area contributed by atoms with Gasteiger partial charge < -0.3 is 5.11 Å². The molecule has 0 aromatic carbocycles. The number of carbonyl (C=O) groups is 1. The minimum Gasteiger partial charge on any atom is -0.476 e. The molecular weight excluding hydrogens is 258 g/mol. The summed E-state index contributed by atoms with van der Waals surface area (Å²) in [5, 5.41) is 16.5. The summed E-state index contributed by atoms with van der Waals surface area (Å²) < 4.78 is 23.6. The van der Waals surface area contributed by atoms with Crippen LogP contribution in [-0.4, -0.2) is 46.5 Å². The van der Waals surface area contributed by atoms with E-state index >= 15 is 0 Å². The Bertz CT molecular complexity index is 560. The lowest BCUT2D eigenvalue weighted by Gasteiger charge is -2.05. The molecule has 0 spiro atoms. The largest absolute Gasteiger partial charge is 0.476 e. The van der Waals surface area contributed by atoms with Crippen LogP contribution in [0.2, 0.25) is 0 Å². The van der Waals surface area contributed by atoms with Crippen LogP contribution in [0.25, 0.3) is 0 Å². The minimum absolute atomic E-state index is 0.00291. The maximum atomic E-state index is 11.0. The summed E-state index contributed by atoms with van der Waals surface area (Å²) in [5.74, 6) is -0.796. The molecule has 0 unspecified atom stereocenters. The SMILES string of the molecule is CS(=O)(=O)CCCn1nnc(C(=O)O)c1C1CC1. The summed E-state index contributed by atoms with van der Waals surface area (Å²) in [5.41, 5.74) is 0.632. The smallest absolute Gasteiger partial charge is 0.358 e. The van der Waals surface area contributed by atoms with E-state index in [1.807, 2.05) is 0 Å². The van der Waals surface area contributed by atoms with Crippen molar-refractivity contribution in [2.24, 2.45) is 0 Å². The topological polar surface area (TPSA) is 102 Å². The lowest BCUT2D eigenvalue weighted by molar-refractivity contribution is 0.0689. The van der Waals surface area contributed by atoms with E-state index in [0.717, 1.165) is 12.8 Å². The molecule has 1 fully saturated rings. The lowest BCUT2D eigenvalue weighted by atomic mass is 10.2. The summed E-state index contributed by atoms with van der Waals surface area (Å²) in [4.78, 5) is 11.0. The fourth-order valence-electron chi connectivity index (χ4n) is 1.88. The van der Waals surface area contributed by atoms with Crippen LogP contribution < -0.4 is 0 Å². The number of hydrogen-bond donors (Lipinski definition) is 1. The molecule has 18 heavy (non-hydrogen) atoms. The van der Waals surface area contributed by atoms with Gasteiger partial charge in [0.1, 0.15) is 9.84 Å². The van der Waals surface area contributed by atoms with Gasteiger partial charge in [-0.3, -0.25) is 0 Å². The first-order valence-corrected chi connectivity index (χ1v) is 7.79. The van der Waals surface area contributed by atoms with Crippen LogP contribution in [-0.2, 0) is 16.4 Å². The number of aryl methyl sites for hydroxylation is 1. The predicted molar refractivity (Wildman–Crippen MR) is 63.3 cm³/mol. The highest BCUT2D eigenvalue weighted by Crippen LogP contribution is 2.41. The molecule has 0 radical (unpaired) electrons. The molecule has 8 heteroatoms. The Morgan fingerprint density at radius 2 is 2.17 bits per heavy atom. The van der Waals surface area contributed by atoms with Gasteiger partial charge in [-0.05, 0) is 19.3 Å². The average molecular weight is 273 g/mol. The van der Waals surface area contributed by atoms with Gasteiger partial charge in [-0.25, -0.2) is 17.9 Å². The molecule has 1 aromatic heterocycles. The summed E-state index contributed by atoms with van der Waals surface area (Å²) >= 11 is 0. The molecule has 0 bridgehead atoms. The average Bonchev–Trinajstić information content (AvgIpc) is 2.98. The number of rotatable bonds is 6. The van der Waals surface area contributed by atoms with Crippen molar-refractivity contribution < 1.29 is 18.3 Å². The molecule has 100 valence electrons. The third-order valence-corrected chi connectivity index (χ3v) is 3.86. The highest BCUT2D eigenvalue weighted by Gasteiger charge is 2.33. The van der Waals surface area contributed by atoms with E-state index in [0.29, 0.717) is 18.7 Å². The first kappa shape index (κ1) is 13.0. The van der Waals surface area contributed by atoms with Gasteiger partial charge in [0.05, 0.1) is 11.4 Å². The summed E-state index contributed by atoms with van der Waals surface area (Å²) in [7, 11) is -3.00. The Labute approximate surface area is 105 Å². The van der Waals surface area contributed by atoms with Crippen molar-refractivity contribution in [3.63, 3.8) is 0 Å². The van der Waals surface area contributed by atoms with E-state index < -0.39 is 15.8 Å². The lowest BCUT2D eigenvalue weighted by Crippen LogP contribution is -2.11. The van der Waals surface area contributed by atoms with Crippen molar-refractivity contribution >= 4 is 15.8 Å². The number of sulfone groups is 1. The van der Waals surface area contributed by atoms with E-state index in [-0.39, 0.29) is 17.4 Å². The van der Waals surface area contributed by atoms with Gasteiger partial charge in [0.25, 0.3) is 0 Å². The number of aromatic carboxylic acids is 1. The van der Waals surface area contributed by atoms with Crippen molar-refractivity contribution in [3.05, 3.63) is 11.4 Å². The van der Waals surface area contributed by atoms with Crippen molar-refractivity contribution in [1.29, 1.82) is 0 Å². The number of aromatic nitrogens is 3. The maximum absolute atomic E-state index is 11.0. The van der Waals surface area contributed by atoms with E-state index in [9.17, 15) is 13.2 Å². The zero-order valence-electron chi connectivity index (χ0n) is 10.0. The summed E-state index contributed by atoms with van der Waals surface area (Å²) in [6, 6.07) is 0. The second-order valence-corrected chi connectivity index (χ2v) is 6.87. The molecule has 1 N–H and O–H groups in total. The van der Waals surface area contributed by atoms with Gasteiger partial charge in [0.2, 0.25) is 0 Å². The number of carboxylic acid groups (broad SMARTS) is 1. The van der Waals surface area contributed by atoms with Gasteiger partial charge in [-0.2, -0.15) is 0 Å². The molecule has 1 aromatic rings. The van der Waals surface area contributed by atoms with Crippen molar-refractivity contribution in [2.45, 2.75) is 31.7 Å². The fourth-order valence-corrected chi connectivity index (χ4v) is 2.53. The van der Waals surface area contributed by atoms with Crippen LogP contribution in [0.4, 0.5) is 0 Å². The summed E-state index contributed by atoms with van der Waals surface area (Å²) in [6.07, 6.45) is 3.49. The number of carboxylic acids is 1. The molecule has 1 saturated carbocycles. The first-order chi connectivity index (χ1) is 8.38. The van der Waals surface area contributed by atoms with Crippen LogP contribution in [0.3, 0.4) is 0 Å². The summed E-state index contributed by atoms with van der Waals surface area (Å²) in [6.45, 7) is 0.388. The van der Waals surface area contributed by atoms with E-state index in [1.165, 1.54) is 10.9 Å². The maximum Gasteiger partial charge on any atom is 0.358 e. The van der Waals surface area contributed by atoms with Crippen molar-refractivity contribution in [3.8, 4) is 0 Å². The minimum atomic E-state index is -3.00. The van der Waals surface area contributed by atoms with E-state index in [4.69, 9.17) is 5.11 Å². The molecule has 0 aliphatic heterocycles. The van der Waals surface area contributed by atoms with Crippen LogP contribution in [0.1, 0.15) is 41.4 Å². The molecule has 1 aliphatic rings. The Hall–Kier alpha value is -1.44. The number of hydrogen-bond acceptors (Lipinski definition) is 5. The van der Waals surface area contributed by atoms with Crippen LogP contribution in [0.5, 0.6) is 0 Å². The zero-order chi connectivity index (χ0) is 13.3. The second kappa shape index (κ2) is 4.68. The third-order valence-electron chi connectivity index (χ3n) is 2.83. The molecule has 1 heterocycles. The highest BCUT2D eigenvalue weighted by atomic mass is 32.2. The Balaban J connectivity index is 2.11. The Kier molecular flexibility index (Phi) is 3.38. The normalized spacial score (nSPS) is 15.8. The monoisotopic (exact) mass is 273 g/mol.